The summed E-state index contributed by atoms with van der Waals surface area (Å²) in [4.78, 5) is 12.0. The smallest absolute Gasteiger partial charge is 0.338 e. The molecule has 0 N–H and O–H groups in total. The molecule has 0 aliphatic heterocycles. The van der Waals surface area contributed by atoms with Gasteiger partial charge in [0.2, 0.25) is 0 Å². The second-order valence-electron chi connectivity index (χ2n) is 5.57. The molecule has 2 rings (SSSR count). The molecule has 0 aromatic heterocycles. The van der Waals surface area contributed by atoms with Crippen LogP contribution < -0.4 is 9.04 Å². The highest BCUT2D eigenvalue weighted by molar-refractivity contribution is 7.92. The molecular formula is C19H23NO5S. The van der Waals surface area contributed by atoms with E-state index < -0.39 is 16.0 Å². The van der Waals surface area contributed by atoms with Gasteiger partial charge in [-0.05, 0) is 68.8 Å². The number of esters is 1. The molecule has 26 heavy (non-hydrogen) atoms. The Morgan fingerprint density at radius 2 is 1.73 bits per heavy atom. The van der Waals surface area contributed by atoms with Crippen LogP contribution in [0.2, 0.25) is 0 Å². The average Bonchev–Trinajstić information content (AvgIpc) is 2.63. The van der Waals surface area contributed by atoms with Crippen LogP contribution >= 0.6 is 0 Å². The van der Waals surface area contributed by atoms with Crippen LogP contribution in [0, 0.1) is 6.92 Å². The Balaban J connectivity index is 2.41. The molecule has 0 atom stereocenters. The molecule has 0 aliphatic rings. The topological polar surface area (TPSA) is 72.9 Å². The molecular weight excluding hydrogens is 354 g/mol. The highest BCUT2D eigenvalue weighted by atomic mass is 32.2. The van der Waals surface area contributed by atoms with Crippen molar-refractivity contribution in [2.45, 2.75) is 25.7 Å². The summed E-state index contributed by atoms with van der Waals surface area (Å²) in [5.74, 6) is 0.158. The van der Waals surface area contributed by atoms with Gasteiger partial charge >= 0.3 is 5.97 Å². The molecule has 140 valence electrons. The number of nitrogens with zero attached hydrogens (tertiary/aromatic N) is 1. The first kappa shape index (κ1) is 19.8. The van der Waals surface area contributed by atoms with E-state index in [1.807, 2.05) is 0 Å². The summed E-state index contributed by atoms with van der Waals surface area (Å²) >= 11 is 0. The number of rotatable bonds is 7. The maximum atomic E-state index is 13.0. The summed E-state index contributed by atoms with van der Waals surface area (Å²) in [5.41, 5.74) is 1.59. The third kappa shape index (κ3) is 3.99. The second-order valence-corrected chi connectivity index (χ2v) is 7.43. The van der Waals surface area contributed by atoms with E-state index >= 15 is 0 Å². The highest BCUT2D eigenvalue weighted by Gasteiger charge is 2.25. The van der Waals surface area contributed by atoms with Gasteiger partial charge in [0.15, 0.2) is 0 Å². The van der Waals surface area contributed by atoms with Gasteiger partial charge in [0.05, 0.1) is 29.9 Å². The van der Waals surface area contributed by atoms with Crippen molar-refractivity contribution in [3.8, 4) is 5.75 Å². The number of ether oxygens (including phenoxy) is 2. The maximum absolute atomic E-state index is 13.0. The van der Waals surface area contributed by atoms with E-state index in [-0.39, 0.29) is 18.0 Å². The number of benzene rings is 2. The molecule has 0 aliphatic carbocycles. The highest BCUT2D eigenvalue weighted by Crippen LogP contribution is 2.28. The van der Waals surface area contributed by atoms with Crippen LogP contribution in [0.1, 0.15) is 29.8 Å². The minimum atomic E-state index is -3.73. The standard InChI is InChI=1S/C19H23NO5S/c1-5-20(26(22,23)17-10-8-16(24-4)9-11-17)18-12-7-15(13-14(18)3)19(21)25-6-2/h7-13H,5-6H2,1-4H3. The Morgan fingerprint density at radius 1 is 1.08 bits per heavy atom. The van der Waals surface area contributed by atoms with Crippen molar-refractivity contribution in [2.75, 3.05) is 24.6 Å². The van der Waals surface area contributed by atoms with Crippen molar-refractivity contribution in [3.63, 3.8) is 0 Å². The summed E-state index contributed by atoms with van der Waals surface area (Å²) in [6, 6.07) is 11.1. The van der Waals surface area contributed by atoms with E-state index in [0.717, 1.165) is 0 Å². The van der Waals surface area contributed by atoms with Gasteiger partial charge < -0.3 is 9.47 Å². The number of aryl methyl sites for hydroxylation is 1. The van der Waals surface area contributed by atoms with E-state index in [0.29, 0.717) is 22.6 Å². The molecule has 0 radical (unpaired) electrons. The lowest BCUT2D eigenvalue weighted by Crippen LogP contribution is -2.31. The number of methoxy groups -OCH3 is 1. The van der Waals surface area contributed by atoms with Crippen molar-refractivity contribution in [1.29, 1.82) is 0 Å². The molecule has 0 amide bonds. The van der Waals surface area contributed by atoms with E-state index in [4.69, 9.17) is 9.47 Å². The molecule has 0 saturated carbocycles. The number of hydrogen-bond donors (Lipinski definition) is 0. The Hall–Kier alpha value is -2.54. The summed E-state index contributed by atoms with van der Waals surface area (Å²) in [5, 5.41) is 0. The molecule has 2 aromatic rings. The van der Waals surface area contributed by atoms with Gasteiger partial charge in [0.25, 0.3) is 10.0 Å². The average molecular weight is 377 g/mol. The fraction of sp³-hybridized carbons (Fsp3) is 0.316. The first-order chi connectivity index (χ1) is 12.3. The summed E-state index contributed by atoms with van der Waals surface area (Å²) in [6.07, 6.45) is 0. The van der Waals surface area contributed by atoms with Crippen molar-refractivity contribution in [2.24, 2.45) is 0 Å². The maximum Gasteiger partial charge on any atom is 0.338 e. The van der Waals surface area contributed by atoms with Gasteiger partial charge in [0, 0.05) is 6.54 Å². The van der Waals surface area contributed by atoms with Crippen molar-refractivity contribution < 1.29 is 22.7 Å². The number of carbonyl (C=O) groups is 1. The van der Waals surface area contributed by atoms with Gasteiger partial charge in [-0.25, -0.2) is 13.2 Å². The van der Waals surface area contributed by atoms with E-state index in [2.05, 4.69) is 0 Å². The largest absolute Gasteiger partial charge is 0.497 e. The van der Waals surface area contributed by atoms with E-state index in [1.165, 1.54) is 23.5 Å². The SMILES string of the molecule is CCOC(=O)c1ccc(N(CC)S(=O)(=O)c2ccc(OC)cc2)c(C)c1. The van der Waals surface area contributed by atoms with Gasteiger partial charge in [0.1, 0.15) is 5.75 Å². The lowest BCUT2D eigenvalue weighted by molar-refractivity contribution is 0.0526. The van der Waals surface area contributed by atoms with E-state index in [1.54, 1.807) is 51.1 Å². The van der Waals surface area contributed by atoms with Gasteiger partial charge in [-0.2, -0.15) is 0 Å². The number of carbonyl (C=O) groups excluding carboxylic acids is 1. The Kier molecular flexibility index (Phi) is 6.26. The molecule has 0 bridgehead atoms. The predicted molar refractivity (Wildman–Crippen MR) is 100 cm³/mol. The summed E-state index contributed by atoms with van der Waals surface area (Å²) < 4.78 is 37.4. The number of sulfonamides is 1. The van der Waals surface area contributed by atoms with Crippen molar-refractivity contribution in [3.05, 3.63) is 53.6 Å². The first-order valence-electron chi connectivity index (χ1n) is 8.29. The van der Waals surface area contributed by atoms with Crippen LogP contribution in [0.25, 0.3) is 0 Å². The van der Waals surface area contributed by atoms with Crippen LogP contribution in [0.5, 0.6) is 5.75 Å². The number of hydrogen-bond acceptors (Lipinski definition) is 5. The normalized spacial score (nSPS) is 11.1. The molecule has 6 nitrogen and oxygen atoms in total. The van der Waals surface area contributed by atoms with E-state index in [9.17, 15) is 13.2 Å². The minimum absolute atomic E-state index is 0.175. The fourth-order valence-electron chi connectivity index (χ4n) is 2.62. The lowest BCUT2D eigenvalue weighted by atomic mass is 10.1. The summed E-state index contributed by atoms with van der Waals surface area (Å²) in [7, 11) is -2.21. The second kappa shape index (κ2) is 8.23. The zero-order chi connectivity index (χ0) is 19.3. The van der Waals surface area contributed by atoms with Crippen LogP contribution in [-0.4, -0.2) is 34.6 Å². The van der Waals surface area contributed by atoms with Crippen LogP contribution in [0.3, 0.4) is 0 Å². The predicted octanol–water partition coefficient (Wildman–Crippen LogP) is 3.40. The molecule has 7 heteroatoms. The van der Waals surface area contributed by atoms with Crippen molar-refractivity contribution in [1.82, 2.24) is 0 Å². The Bertz CT molecular complexity index is 875. The van der Waals surface area contributed by atoms with Crippen LogP contribution in [-0.2, 0) is 14.8 Å². The van der Waals surface area contributed by atoms with Gasteiger partial charge in [-0.1, -0.05) is 0 Å². The Labute approximate surface area is 154 Å². The first-order valence-corrected chi connectivity index (χ1v) is 9.73. The minimum Gasteiger partial charge on any atom is -0.497 e. The molecule has 0 fully saturated rings. The summed E-state index contributed by atoms with van der Waals surface area (Å²) in [6.45, 7) is 5.81. The lowest BCUT2D eigenvalue weighted by Gasteiger charge is -2.25. The molecule has 0 spiro atoms. The van der Waals surface area contributed by atoms with Gasteiger partial charge in [-0.3, -0.25) is 4.31 Å². The zero-order valence-electron chi connectivity index (χ0n) is 15.4. The molecule has 0 unspecified atom stereocenters. The Morgan fingerprint density at radius 3 is 2.23 bits per heavy atom. The van der Waals surface area contributed by atoms with Crippen LogP contribution in [0.15, 0.2) is 47.4 Å². The fourth-order valence-corrected chi connectivity index (χ4v) is 4.16. The molecule has 0 saturated heterocycles. The molecule has 2 aromatic carbocycles. The number of anilines is 1. The third-order valence-corrected chi connectivity index (χ3v) is 5.81. The van der Waals surface area contributed by atoms with Crippen LogP contribution in [0.4, 0.5) is 5.69 Å². The third-order valence-electron chi connectivity index (χ3n) is 3.91. The zero-order valence-corrected chi connectivity index (χ0v) is 16.2. The monoisotopic (exact) mass is 377 g/mol. The molecule has 0 heterocycles. The van der Waals surface area contributed by atoms with Crippen molar-refractivity contribution >= 4 is 21.7 Å². The van der Waals surface area contributed by atoms with Gasteiger partial charge in [-0.15, -0.1) is 0 Å². The quantitative estimate of drug-likeness (QED) is 0.692.